The van der Waals surface area contributed by atoms with E-state index in [2.05, 4.69) is 0 Å². The van der Waals surface area contributed by atoms with Gasteiger partial charge < -0.3 is 10.0 Å². The van der Waals surface area contributed by atoms with Gasteiger partial charge in [-0.1, -0.05) is 12.5 Å². The fourth-order valence-electron chi connectivity index (χ4n) is 2.83. The maximum absolute atomic E-state index is 12.6. The number of thioether (sulfide) groups is 1. The van der Waals surface area contributed by atoms with E-state index in [1.807, 2.05) is 38.4 Å². The first-order valence-electron chi connectivity index (χ1n) is 7.11. The van der Waals surface area contributed by atoms with Crippen LogP contribution in [0.15, 0.2) is 23.1 Å². The minimum atomic E-state index is -0.246. The maximum atomic E-state index is 12.6. The van der Waals surface area contributed by atoms with Crippen molar-refractivity contribution in [3.05, 3.63) is 29.3 Å². The molecule has 1 saturated carbocycles. The molecule has 4 heteroatoms. The number of carbonyl (C=O) groups is 1. The molecule has 1 aliphatic carbocycles. The van der Waals surface area contributed by atoms with Crippen molar-refractivity contribution >= 4 is 17.7 Å². The summed E-state index contributed by atoms with van der Waals surface area (Å²) in [5, 5.41) is 9.89. The number of nitrogens with zero attached hydrogens (tertiary/aromatic N) is 1. The van der Waals surface area contributed by atoms with Crippen molar-refractivity contribution < 1.29 is 9.90 Å². The van der Waals surface area contributed by atoms with Gasteiger partial charge in [0.1, 0.15) is 0 Å². The molecule has 0 aliphatic heterocycles. The van der Waals surface area contributed by atoms with Crippen molar-refractivity contribution in [2.75, 3.05) is 19.8 Å². The number of hydrogen-bond donors (Lipinski definition) is 1. The van der Waals surface area contributed by atoms with E-state index in [9.17, 15) is 9.90 Å². The third-order valence-corrected chi connectivity index (χ3v) is 4.87. The molecule has 2 atom stereocenters. The van der Waals surface area contributed by atoms with Crippen LogP contribution in [0, 0.1) is 12.8 Å². The average molecular weight is 293 g/mol. The Kier molecular flexibility index (Phi) is 5.11. The van der Waals surface area contributed by atoms with E-state index in [4.69, 9.17) is 0 Å². The van der Waals surface area contributed by atoms with Crippen LogP contribution in [-0.2, 0) is 0 Å². The van der Waals surface area contributed by atoms with Crippen molar-refractivity contribution in [2.45, 2.75) is 37.2 Å². The Morgan fingerprint density at radius 2 is 2.20 bits per heavy atom. The fraction of sp³-hybridized carbons (Fsp3) is 0.562. The number of aliphatic hydroxyl groups excluding tert-OH is 1. The summed E-state index contributed by atoms with van der Waals surface area (Å²) in [6.45, 7) is 2.61. The Labute approximate surface area is 125 Å². The van der Waals surface area contributed by atoms with Gasteiger partial charge in [0.2, 0.25) is 0 Å². The Balaban J connectivity index is 2.10. The van der Waals surface area contributed by atoms with Crippen LogP contribution in [0.1, 0.15) is 35.2 Å². The van der Waals surface area contributed by atoms with Gasteiger partial charge in [-0.25, -0.2) is 0 Å². The van der Waals surface area contributed by atoms with Crippen molar-refractivity contribution in [3.63, 3.8) is 0 Å². The van der Waals surface area contributed by atoms with Crippen LogP contribution >= 0.6 is 11.8 Å². The second kappa shape index (κ2) is 6.64. The largest absolute Gasteiger partial charge is 0.393 e. The highest BCUT2D eigenvalue weighted by Gasteiger charge is 2.28. The van der Waals surface area contributed by atoms with Crippen LogP contribution in [0.5, 0.6) is 0 Å². The van der Waals surface area contributed by atoms with Gasteiger partial charge in [-0.2, -0.15) is 0 Å². The predicted molar refractivity (Wildman–Crippen MR) is 83.3 cm³/mol. The van der Waals surface area contributed by atoms with Gasteiger partial charge in [-0.3, -0.25) is 4.79 Å². The number of amides is 1. The molecule has 1 amide bonds. The smallest absolute Gasteiger partial charge is 0.253 e. The van der Waals surface area contributed by atoms with E-state index in [-0.39, 0.29) is 17.9 Å². The maximum Gasteiger partial charge on any atom is 0.253 e. The molecule has 1 fully saturated rings. The topological polar surface area (TPSA) is 40.5 Å². The van der Waals surface area contributed by atoms with Crippen LogP contribution in [0.4, 0.5) is 0 Å². The van der Waals surface area contributed by atoms with Crippen molar-refractivity contribution in [1.82, 2.24) is 4.90 Å². The van der Waals surface area contributed by atoms with Crippen LogP contribution in [0.2, 0.25) is 0 Å². The molecule has 1 aromatic rings. The second-order valence-corrected chi connectivity index (χ2v) is 6.50. The SMILES string of the molecule is CSc1ccc(C)c(C(=O)N(C)CC2CCCC2O)c1. The Morgan fingerprint density at radius 3 is 2.80 bits per heavy atom. The van der Waals surface area contributed by atoms with Crippen LogP contribution in [0.3, 0.4) is 0 Å². The van der Waals surface area contributed by atoms with Crippen molar-refractivity contribution in [2.24, 2.45) is 5.92 Å². The summed E-state index contributed by atoms with van der Waals surface area (Å²) < 4.78 is 0. The monoisotopic (exact) mass is 293 g/mol. The number of aryl methyl sites for hydroxylation is 1. The molecule has 1 aliphatic rings. The highest BCUT2D eigenvalue weighted by Crippen LogP contribution is 2.27. The third-order valence-electron chi connectivity index (χ3n) is 4.15. The zero-order valence-corrected chi connectivity index (χ0v) is 13.2. The first-order valence-corrected chi connectivity index (χ1v) is 8.33. The summed E-state index contributed by atoms with van der Waals surface area (Å²) in [7, 11) is 1.83. The molecule has 1 N–H and O–H groups in total. The van der Waals surface area contributed by atoms with E-state index in [1.54, 1.807) is 16.7 Å². The number of rotatable bonds is 4. The molecule has 0 radical (unpaired) electrons. The first-order chi connectivity index (χ1) is 9.52. The molecular weight excluding hydrogens is 270 g/mol. The van der Waals surface area contributed by atoms with Gasteiger partial charge in [0.05, 0.1) is 6.10 Å². The molecule has 2 rings (SSSR count). The van der Waals surface area contributed by atoms with Crippen LogP contribution < -0.4 is 0 Å². The van der Waals surface area contributed by atoms with Gasteiger partial charge in [0.25, 0.3) is 5.91 Å². The molecule has 20 heavy (non-hydrogen) atoms. The van der Waals surface area contributed by atoms with Crippen molar-refractivity contribution in [1.29, 1.82) is 0 Å². The molecule has 0 aromatic heterocycles. The lowest BCUT2D eigenvalue weighted by atomic mass is 10.0. The first kappa shape index (κ1) is 15.4. The molecular formula is C16H23NO2S. The van der Waals surface area contributed by atoms with Gasteiger partial charge in [0.15, 0.2) is 0 Å². The highest BCUT2D eigenvalue weighted by atomic mass is 32.2. The number of aliphatic hydroxyl groups is 1. The molecule has 0 heterocycles. The molecule has 2 unspecified atom stereocenters. The number of hydrogen-bond acceptors (Lipinski definition) is 3. The summed E-state index contributed by atoms with van der Waals surface area (Å²) in [6, 6.07) is 6.00. The minimum absolute atomic E-state index is 0.0532. The number of benzene rings is 1. The molecule has 0 saturated heterocycles. The van der Waals surface area contributed by atoms with Gasteiger partial charge in [0, 0.05) is 30.0 Å². The molecule has 3 nitrogen and oxygen atoms in total. The van der Waals surface area contributed by atoms with E-state index in [1.165, 1.54) is 0 Å². The van der Waals surface area contributed by atoms with Gasteiger partial charge in [-0.05, 0) is 43.7 Å². The van der Waals surface area contributed by atoms with Gasteiger partial charge in [-0.15, -0.1) is 11.8 Å². The predicted octanol–water partition coefficient (Wildman–Crippen LogP) is 2.95. The molecule has 0 spiro atoms. The summed E-state index contributed by atoms with van der Waals surface area (Å²) in [5.74, 6) is 0.283. The Bertz CT molecular complexity index is 489. The normalized spacial score (nSPS) is 22.0. The summed E-state index contributed by atoms with van der Waals surface area (Å²) in [6.07, 6.45) is 4.71. The summed E-state index contributed by atoms with van der Waals surface area (Å²) in [5.41, 5.74) is 1.78. The standard InChI is InChI=1S/C16H23NO2S/c1-11-7-8-13(20-3)9-14(11)16(19)17(2)10-12-5-4-6-15(12)18/h7-9,12,15,18H,4-6,10H2,1-3H3. The summed E-state index contributed by atoms with van der Waals surface area (Å²) >= 11 is 1.64. The van der Waals surface area contributed by atoms with Crippen LogP contribution in [-0.4, -0.2) is 41.9 Å². The number of carbonyl (C=O) groups excluding carboxylic acids is 1. The lowest BCUT2D eigenvalue weighted by Gasteiger charge is -2.24. The Morgan fingerprint density at radius 1 is 1.45 bits per heavy atom. The lowest BCUT2D eigenvalue weighted by molar-refractivity contribution is 0.0692. The minimum Gasteiger partial charge on any atom is -0.393 e. The molecule has 110 valence electrons. The molecule has 0 bridgehead atoms. The lowest BCUT2D eigenvalue weighted by Crippen LogP contribution is -2.34. The van der Waals surface area contributed by atoms with Gasteiger partial charge >= 0.3 is 0 Å². The fourth-order valence-corrected chi connectivity index (χ4v) is 3.27. The quantitative estimate of drug-likeness (QED) is 0.868. The summed E-state index contributed by atoms with van der Waals surface area (Å²) in [4.78, 5) is 15.4. The van der Waals surface area contributed by atoms with E-state index in [0.717, 1.165) is 35.3 Å². The van der Waals surface area contributed by atoms with Crippen LogP contribution in [0.25, 0.3) is 0 Å². The Hall–Kier alpha value is -1.00. The van der Waals surface area contributed by atoms with Crippen molar-refractivity contribution in [3.8, 4) is 0 Å². The zero-order chi connectivity index (χ0) is 14.7. The third kappa shape index (κ3) is 3.36. The second-order valence-electron chi connectivity index (χ2n) is 5.62. The zero-order valence-electron chi connectivity index (χ0n) is 12.4. The van der Waals surface area contributed by atoms with E-state index in [0.29, 0.717) is 6.54 Å². The average Bonchev–Trinajstić information content (AvgIpc) is 2.84. The van der Waals surface area contributed by atoms with E-state index < -0.39 is 0 Å². The highest BCUT2D eigenvalue weighted by molar-refractivity contribution is 7.98. The van der Waals surface area contributed by atoms with E-state index >= 15 is 0 Å². The molecule has 1 aromatic carbocycles.